The second-order valence-corrected chi connectivity index (χ2v) is 6.00. The Morgan fingerprint density at radius 3 is 2.50 bits per heavy atom. The molecule has 0 saturated carbocycles. The first kappa shape index (κ1) is 15.3. The van der Waals surface area contributed by atoms with Crippen LogP contribution in [0.4, 0.5) is 13.2 Å². The summed E-state index contributed by atoms with van der Waals surface area (Å²) < 4.78 is 37.2. The van der Waals surface area contributed by atoms with Crippen molar-refractivity contribution in [2.75, 3.05) is 6.54 Å². The maximum Gasteiger partial charge on any atom is 0.416 e. The number of benzene rings is 1. The van der Waals surface area contributed by atoms with Crippen LogP contribution in [0.2, 0.25) is 0 Å². The third-order valence-electron chi connectivity index (χ3n) is 3.14. The van der Waals surface area contributed by atoms with Gasteiger partial charge in [-0.2, -0.15) is 13.2 Å². The summed E-state index contributed by atoms with van der Waals surface area (Å²) in [7, 11) is 0. The van der Waals surface area contributed by atoms with E-state index in [0.29, 0.717) is 12.0 Å². The normalized spacial score (nSPS) is 22.8. The molecule has 1 saturated heterocycles. The Bertz CT molecular complexity index is 475. The van der Waals surface area contributed by atoms with E-state index in [4.69, 9.17) is 0 Å². The van der Waals surface area contributed by atoms with Crippen molar-refractivity contribution < 1.29 is 18.0 Å². The van der Waals surface area contributed by atoms with Gasteiger partial charge in [-0.25, -0.2) is 0 Å². The Morgan fingerprint density at radius 2 is 2.00 bits per heavy atom. The minimum atomic E-state index is -4.33. The van der Waals surface area contributed by atoms with Crippen LogP contribution in [-0.2, 0) is 17.5 Å². The first-order valence-corrected chi connectivity index (χ1v) is 7.09. The van der Waals surface area contributed by atoms with Crippen molar-refractivity contribution in [1.29, 1.82) is 0 Å². The zero-order chi connectivity index (χ0) is 14.8. The van der Waals surface area contributed by atoms with Gasteiger partial charge in [0.1, 0.15) is 0 Å². The van der Waals surface area contributed by atoms with E-state index in [1.165, 1.54) is 12.1 Å². The number of nitrogens with one attached hydrogen (secondary N) is 2. The van der Waals surface area contributed by atoms with Gasteiger partial charge < -0.3 is 10.6 Å². The molecule has 2 atom stereocenters. The van der Waals surface area contributed by atoms with Crippen LogP contribution in [0.1, 0.15) is 17.5 Å². The van der Waals surface area contributed by atoms with Gasteiger partial charge >= 0.3 is 6.18 Å². The van der Waals surface area contributed by atoms with E-state index < -0.39 is 11.7 Å². The van der Waals surface area contributed by atoms with Crippen molar-refractivity contribution in [3.05, 3.63) is 35.4 Å². The molecular formula is C13H14BrF3N2O. The van der Waals surface area contributed by atoms with Crippen LogP contribution < -0.4 is 10.6 Å². The lowest BCUT2D eigenvalue weighted by molar-refractivity contribution is -0.137. The Morgan fingerprint density at radius 1 is 1.35 bits per heavy atom. The Hall–Kier alpha value is -1.08. The van der Waals surface area contributed by atoms with Gasteiger partial charge in [0.15, 0.2) is 0 Å². The van der Waals surface area contributed by atoms with Crippen LogP contribution in [0.15, 0.2) is 24.3 Å². The van der Waals surface area contributed by atoms with Crippen LogP contribution in [-0.4, -0.2) is 23.3 Å². The van der Waals surface area contributed by atoms with Crippen LogP contribution in [0.25, 0.3) is 0 Å². The molecule has 2 rings (SSSR count). The van der Waals surface area contributed by atoms with Gasteiger partial charge in [0.05, 0.1) is 11.6 Å². The zero-order valence-electron chi connectivity index (χ0n) is 10.5. The lowest BCUT2D eigenvalue weighted by Crippen LogP contribution is -2.40. The standard InChI is InChI=1S/C13H14BrF3N2O/c14-10-5-11(18-7-10)12(20)19-6-8-1-3-9(4-2-8)13(15,16)17/h1-4,10-11,18H,5-7H2,(H,19,20). The summed E-state index contributed by atoms with van der Waals surface area (Å²) in [5, 5.41) is 5.78. The summed E-state index contributed by atoms with van der Waals surface area (Å²) in [6.07, 6.45) is -3.63. The van der Waals surface area contributed by atoms with Gasteiger partial charge in [-0.3, -0.25) is 4.79 Å². The summed E-state index contributed by atoms with van der Waals surface area (Å²) in [6.45, 7) is 0.959. The Balaban J connectivity index is 1.86. The lowest BCUT2D eigenvalue weighted by atomic mass is 10.1. The fourth-order valence-corrected chi connectivity index (χ4v) is 2.58. The van der Waals surface area contributed by atoms with E-state index in [9.17, 15) is 18.0 Å². The average molecular weight is 351 g/mol. The highest BCUT2D eigenvalue weighted by molar-refractivity contribution is 9.09. The second kappa shape index (κ2) is 6.13. The second-order valence-electron chi connectivity index (χ2n) is 4.71. The van der Waals surface area contributed by atoms with Crippen molar-refractivity contribution in [3.63, 3.8) is 0 Å². The van der Waals surface area contributed by atoms with Gasteiger partial charge in [-0.15, -0.1) is 0 Å². The largest absolute Gasteiger partial charge is 0.416 e. The van der Waals surface area contributed by atoms with E-state index in [1.807, 2.05) is 0 Å². The van der Waals surface area contributed by atoms with E-state index >= 15 is 0 Å². The number of carbonyl (C=O) groups excluding carboxylic acids is 1. The highest BCUT2D eigenvalue weighted by atomic mass is 79.9. The molecule has 2 N–H and O–H groups in total. The van der Waals surface area contributed by atoms with Gasteiger partial charge in [0, 0.05) is 17.9 Å². The zero-order valence-corrected chi connectivity index (χ0v) is 12.1. The van der Waals surface area contributed by atoms with Crippen LogP contribution in [0, 0.1) is 0 Å². The van der Waals surface area contributed by atoms with Gasteiger partial charge in [-0.1, -0.05) is 28.1 Å². The lowest BCUT2D eigenvalue weighted by Gasteiger charge is -2.12. The molecule has 1 fully saturated rings. The topological polar surface area (TPSA) is 41.1 Å². The summed E-state index contributed by atoms with van der Waals surface area (Å²) in [5.74, 6) is -0.133. The molecule has 110 valence electrons. The third kappa shape index (κ3) is 3.96. The van der Waals surface area contributed by atoms with Crippen molar-refractivity contribution in [2.45, 2.75) is 30.0 Å². The average Bonchev–Trinajstić information content (AvgIpc) is 2.82. The molecule has 3 nitrogen and oxygen atoms in total. The molecule has 0 radical (unpaired) electrons. The first-order valence-electron chi connectivity index (χ1n) is 6.17. The molecule has 1 aromatic rings. The molecule has 0 aromatic heterocycles. The number of halogens is 4. The molecule has 2 unspecified atom stereocenters. The monoisotopic (exact) mass is 350 g/mol. The minimum absolute atomic E-state index is 0.133. The number of hydrogen-bond acceptors (Lipinski definition) is 2. The SMILES string of the molecule is O=C(NCc1ccc(C(F)(F)F)cc1)C1CC(Br)CN1. The van der Waals surface area contributed by atoms with Crippen molar-refractivity contribution in [1.82, 2.24) is 10.6 Å². The van der Waals surface area contributed by atoms with Crippen molar-refractivity contribution >= 4 is 21.8 Å². The molecule has 0 aliphatic carbocycles. The van der Waals surface area contributed by atoms with Gasteiger partial charge in [0.25, 0.3) is 0 Å². The molecule has 7 heteroatoms. The van der Waals surface area contributed by atoms with Crippen LogP contribution >= 0.6 is 15.9 Å². The highest BCUT2D eigenvalue weighted by Gasteiger charge is 2.30. The van der Waals surface area contributed by atoms with Crippen LogP contribution in [0.3, 0.4) is 0 Å². The molecule has 1 heterocycles. The molecule has 1 aliphatic rings. The van der Waals surface area contributed by atoms with E-state index in [-0.39, 0.29) is 23.3 Å². The number of rotatable bonds is 3. The van der Waals surface area contributed by atoms with Gasteiger partial charge in [0.2, 0.25) is 5.91 Å². The molecular weight excluding hydrogens is 337 g/mol. The molecule has 0 spiro atoms. The smallest absolute Gasteiger partial charge is 0.351 e. The van der Waals surface area contributed by atoms with Crippen molar-refractivity contribution in [2.24, 2.45) is 0 Å². The highest BCUT2D eigenvalue weighted by Crippen LogP contribution is 2.29. The number of hydrogen-bond donors (Lipinski definition) is 2. The summed E-state index contributed by atoms with van der Waals surface area (Å²) in [4.78, 5) is 12.1. The van der Waals surface area contributed by atoms with Gasteiger partial charge in [-0.05, 0) is 24.1 Å². The molecule has 0 bridgehead atoms. The first-order chi connectivity index (χ1) is 9.36. The van der Waals surface area contributed by atoms with Crippen LogP contribution in [0.5, 0.6) is 0 Å². The predicted octanol–water partition coefficient (Wildman–Crippen LogP) is 2.45. The molecule has 1 amide bonds. The maximum absolute atomic E-state index is 12.4. The maximum atomic E-state index is 12.4. The summed E-state index contributed by atoms with van der Waals surface area (Å²) in [6, 6.07) is 4.54. The quantitative estimate of drug-likeness (QED) is 0.822. The molecule has 20 heavy (non-hydrogen) atoms. The number of amides is 1. The summed E-state index contributed by atoms with van der Waals surface area (Å²) >= 11 is 3.42. The summed E-state index contributed by atoms with van der Waals surface area (Å²) in [5.41, 5.74) is -0.0492. The Labute approximate surface area is 123 Å². The predicted molar refractivity (Wildman–Crippen MR) is 72.4 cm³/mol. The van der Waals surface area contributed by atoms with Crippen molar-refractivity contribution in [3.8, 4) is 0 Å². The molecule has 1 aliphatic heterocycles. The fraction of sp³-hybridized carbons (Fsp3) is 0.462. The number of carbonyl (C=O) groups is 1. The Kier molecular flexibility index (Phi) is 4.70. The number of alkyl halides is 4. The fourth-order valence-electron chi connectivity index (χ4n) is 2.02. The van der Waals surface area contributed by atoms with E-state index in [0.717, 1.165) is 18.7 Å². The minimum Gasteiger partial charge on any atom is -0.351 e. The molecule has 1 aromatic carbocycles. The van der Waals surface area contributed by atoms with E-state index in [2.05, 4.69) is 26.6 Å². The third-order valence-corrected chi connectivity index (χ3v) is 3.84. The van der Waals surface area contributed by atoms with E-state index in [1.54, 1.807) is 0 Å².